The topological polar surface area (TPSA) is 104 Å². The van der Waals surface area contributed by atoms with Gasteiger partial charge in [-0.15, -0.1) is 0 Å². The smallest absolute Gasteiger partial charge is 0.303 e. The molecule has 2 rings (SSSR count). The predicted octanol–water partition coefficient (Wildman–Crippen LogP) is -0.422. The molecular formula is C10H14N2O5S2. The number of aliphatic imine (C=N–C) groups is 1. The lowest BCUT2D eigenvalue weighted by atomic mass is 10.2. The first-order valence-corrected chi connectivity index (χ1v) is 8.42. The molecule has 2 atom stereocenters. The largest absolute Gasteiger partial charge is 0.481 e. The van der Waals surface area contributed by atoms with Gasteiger partial charge in [0, 0.05) is 18.7 Å². The Morgan fingerprint density at radius 3 is 2.68 bits per heavy atom. The van der Waals surface area contributed by atoms with E-state index in [0.717, 1.165) is 0 Å². The van der Waals surface area contributed by atoms with Crippen molar-refractivity contribution in [3.63, 3.8) is 0 Å². The zero-order valence-corrected chi connectivity index (χ0v) is 11.9. The molecule has 2 unspecified atom stereocenters. The highest BCUT2D eigenvalue weighted by atomic mass is 32.2. The molecule has 0 bridgehead atoms. The maximum Gasteiger partial charge on any atom is 0.303 e. The lowest BCUT2D eigenvalue weighted by molar-refractivity contribution is -0.138. The Morgan fingerprint density at radius 2 is 2.11 bits per heavy atom. The Balaban J connectivity index is 2.01. The van der Waals surface area contributed by atoms with Crippen LogP contribution in [0.15, 0.2) is 4.99 Å². The van der Waals surface area contributed by atoms with Crippen LogP contribution in [0, 0.1) is 0 Å². The highest BCUT2D eigenvalue weighted by Crippen LogP contribution is 2.36. The van der Waals surface area contributed by atoms with Gasteiger partial charge in [0.05, 0.1) is 24.0 Å². The molecule has 2 heterocycles. The second-order valence-electron chi connectivity index (χ2n) is 4.59. The second kappa shape index (κ2) is 5.12. The average molecular weight is 306 g/mol. The second-order valence-corrected chi connectivity index (χ2v) is 7.95. The minimum absolute atomic E-state index is 0.0824. The van der Waals surface area contributed by atoms with E-state index in [1.807, 2.05) is 0 Å². The van der Waals surface area contributed by atoms with E-state index in [-0.39, 0.29) is 35.6 Å². The van der Waals surface area contributed by atoms with Gasteiger partial charge in [-0.1, -0.05) is 11.8 Å². The monoisotopic (exact) mass is 306 g/mol. The summed E-state index contributed by atoms with van der Waals surface area (Å²) >= 11 is 1.28. The van der Waals surface area contributed by atoms with Crippen LogP contribution in [0.3, 0.4) is 0 Å². The molecule has 9 heteroatoms. The molecule has 0 aliphatic carbocycles. The Bertz CT molecular complexity index is 542. The fraction of sp³-hybridized carbons (Fsp3) is 0.700. The molecule has 1 amide bonds. The molecule has 106 valence electrons. The molecule has 0 aromatic rings. The van der Waals surface area contributed by atoms with Gasteiger partial charge in [0.2, 0.25) is 5.91 Å². The predicted molar refractivity (Wildman–Crippen MR) is 70.9 cm³/mol. The maximum atomic E-state index is 11.5. The quantitative estimate of drug-likeness (QED) is 0.755. The van der Waals surface area contributed by atoms with E-state index < -0.39 is 21.7 Å². The third-order valence-corrected chi connectivity index (χ3v) is 6.40. The lowest BCUT2D eigenvalue weighted by Gasteiger charge is -2.17. The van der Waals surface area contributed by atoms with E-state index >= 15 is 0 Å². The van der Waals surface area contributed by atoms with Crippen molar-refractivity contribution in [1.82, 2.24) is 4.90 Å². The maximum absolute atomic E-state index is 11.5. The molecule has 0 aromatic heterocycles. The van der Waals surface area contributed by atoms with Gasteiger partial charge in [-0.2, -0.15) is 4.99 Å². The standard InChI is InChI=1S/C10H14N2O5S2/c1-12-6-4-19(16,17)5-7(6)18-10(12)11-8(13)2-3-9(14)15/h6-7H,2-5H2,1H3,(H,14,15). The molecule has 2 aliphatic heterocycles. The van der Waals surface area contributed by atoms with Crippen molar-refractivity contribution in [2.24, 2.45) is 4.99 Å². The average Bonchev–Trinajstić information content (AvgIpc) is 2.72. The van der Waals surface area contributed by atoms with Crippen LogP contribution in [0.2, 0.25) is 0 Å². The fourth-order valence-electron chi connectivity index (χ4n) is 2.11. The summed E-state index contributed by atoms with van der Waals surface area (Å²) in [4.78, 5) is 27.4. The van der Waals surface area contributed by atoms with E-state index in [9.17, 15) is 18.0 Å². The van der Waals surface area contributed by atoms with E-state index in [4.69, 9.17) is 5.11 Å². The van der Waals surface area contributed by atoms with Crippen molar-refractivity contribution < 1.29 is 23.1 Å². The number of nitrogens with zero attached hydrogens (tertiary/aromatic N) is 2. The van der Waals surface area contributed by atoms with Gasteiger partial charge >= 0.3 is 5.97 Å². The summed E-state index contributed by atoms with van der Waals surface area (Å²) in [6, 6.07) is -0.138. The van der Waals surface area contributed by atoms with E-state index in [0.29, 0.717) is 5.17 Å². The van der Waals surface area contributed by atoms with Crippen molar-refractivity contribution in [2.75, 3.05) is 18.6 Å². The number of carbonyl (C=O) groups is 2. The van der Waals surface area contributed by atoms with Crippen LogP contribution in [0.5, 0.6) is 0 Å². The zero-order chi connectivity index (χ0) is 14.2. The lowest BCUT2D eigenvalue weighted by Crippen LogP contribution is -2.34. The highest BCUT2D eigenvalue weighted by molar-refractivity contribution is 8.15. The number of amides is 1. The molecular weight excluding hydrogens is 292 g/mol. The van der Waals surface area contributed by atoms with E-state index in [1.165, 1.54) is 11.8 Å². The van der Waals surface area contributed by atoms with E-state index in [1.54, 1.807) is 11.9 Å². The first-order valence-electron chi connectivity index (χ1n) is 5.72. The number of hydrogen-bond donors (Lipinski definition) is 1. The molecule has 19 heavy (non-hydrogen) atoms. The third kappa shape index (κ3) is 3.27. The molecule has 0 spiro atoms. The molecule has 2 saturated heterocycles. The Morgan fingerprint density at radius 1 is 1.42 bits per heavy atom. The van der Waals surface area contributed by atoms with Crippen LogP contribution in [-0.4, -0.2) is 65.3 Å². The van der Waals surface area contributed by atoms with Crippen molar-refractivity contribution in [1.29, 1.82) is 0 Å². The minimum Gasteiger partial charge on any atom is -0.481 e. The number of carbonyl (C=O) groups excluding carboxylic acids is 1. The van der Waals surface area contributed by atoms with Crippen LogP contribution in [0.25, 0.3) is 0 Å². The number of aliphatic carboxylic acids is 1. The van der Waals surface area contributed by atoms with Crippen molar-refractivity contribution in [3.05, 3.63) is 0 Å². The van der Waals surface area contributed by atoms with Gasteiger partial charge in [-0.05, 0) is 0 Å². The minimum atomic E-state index is -2.99. The molecule has 0 saturated carbocycles. The van der Waals surface area contributed by atoms with Crippen LogP contribution >= 0.6 is 11.8 Å². The molecule has 2 fully saturated rings. The van der Waals surface area contributed by atoms with Gasteiger partial charge in [0.15, 0.2) is 15.0 Å². The number of thioether (sulfide) groups is 1. The molecule has 0 radical (unpaired) electrons. The number of carboxylic acids is 1. The number of fused-ring (bicyclic) bond motifs is 1. The van der Waals surface area contributed by atoms with Crippen molar-refractivity contribution >= 4 is 38.6 Å². The Hall–Kier alpha value is -1.09. The third-order valence-electron chi connectivity index (χ3n) is 3.10. The molecule has 2 aliphatic rings. The van der Waals surface area contributed by atoms with Crippen molar-refractivity contribution in [3.8, 4) is 0 Å². The summed E-state index contributed by atoms with van der Waals surface area (Å²) in [6.07, 6.45) is -0.383. The first-order chi connectivity index (χ1) is 8.78. The molecule has 1 N–H and O–H groups in total. The number of carboxylic acid groups (broad SMARTS) is 1. The van der Waals surface area contributed by atoms with Crippen LogP contribution in [-0.2, 0) is 19.4 Å². The number of rotatable bonds is 3. The van der Waals surface area contributed by atoms with E-state index in [2.05, 4.69) is 4.99 Å². The molecule has 0 aromatic carbocycles. The van der Waals surface area contributed by atoms with Gasteiger partial charge in [-0.25, -0.2) is 8.42 Å². The first kappa shape index (κ1) is 14.3. The Kier molecular flexibility index (Phi) is 3.86. The van der Waals surface area contributed by atoms with Gasteiger partial charge < -0.3 is 10.0 Å². The summed E-state index contributed by atoms with van der Waals surface area (Å²) in [5.41, 5.74) is 0. The van der Waals surface area contributed by atoms with Gasteiger partial charge in [-0.3, -0.25) is 9.59 Å². The van der Waals surface area contributed by atoms with Gasteiger partial charge in [0.1, 0.15) is 0 Å². The summed E-state index contributed by atoms with van der Waals surface area (Å²) < 4.78 is 23.0. The Labute approximate surface area is 115 Å². The highest BCUT2D eigenvalue weighted by Gasteiger charge is 2.47. The summed E-state index contributed by atoms with van der Waals surface area (Å²) in [5.74, 6) is -1.33. The SMILES string of the molecule is CN1C(=NC(=O)CCC(=O)O)SC2CS(=O)(=O)CC21. The summed E-state index contributed by atoms with van der Waals surface area (Å²) in [7, 11) is -1.28. The number of hydrogen-bond acceptors (Lipinski definition) is 5. The normalized spacial score (nSPS) is 30.6. The van der Waals surface area contributed by atoms with Crippen LogP contribution < -0.4 is 0 Å². The number of amidine groups is 1. The fourth-order valence-corrected chi connectivity index (χ4v) is 6.13. The summed E-state index contributed by atoms with van der Waals surface area (Å²) in [6.45, 7) is 0. The number of sulfone groups is 1. The van der Waals surface area contributed by atoms with Crippen molar-refractivity contribution in [2.45, 2.75) is 24.1 Å². The summed E-state index contributed by atoms with van der Waals surface area (Å²) in [5, 5.41) is 8.89. The molecule has 7 nitrogen and oxygen atoms in total. The van der Waals surface area contributed by atoms with Crippen LogP contribution in [0.4, 0.5) is 0 Å². The van der Waals surface area contributed by atoms with Crippen LogP contribution in [0.1, 0.15) is 12.8 Å². The van der Waals surface area contributed by atoms with Gasteiger partial charge in [0.25, 0.3) is 0 Å². The zero-order valence-electron chi connectivity index (χ0n) is 10.3.